The van der Waals surface area contributed by atoms with Gasteiger partial charge in [-0.15, -0.1) is 0 Å². The first-order valence-electron chi connectivity index (χ1n) is 8.42. The van der Waals surface area contributed by atoms with Gasteiger partial charge in [0.15, 0.2) is 0 Å². The Morgan fingerprint density at radius 3 is 2.54 bits per heavy atom. The Morgan fingerprint density at radius 2 is 1.82 bits per heavy atom. The highest BCUT2D eigenvalue weighted by atomic mass is 19.4. The van der Waals surface area contributed by atoms with Crippen molar-refractivity contribution in [3.05, 3.63) is 65.9 Å². The maximum atomic E-state index is 13.0. The molecule has 0 saturated carbocycles. The van der Waals surface area contributed by atoms with E-state index in [-0.39, 0.29) is 17.1 Å². The van der Waals surface area contributed by atoms with E-state index in [1.807, 2.05) is 6.07 Å². The van der Waals surface area contributed by atoms with Gasteiger partial charge in [-0.2, -0.15) is 18.4 Å². The maximum Gasteiger partial charge on any atom is 0.416 e. The van der Waals surface area contributed by atoms with E-state index in [9.17, 15) is 13.2 Å². The number of nitrogens with one attached hydrogen (secondary N) is 1. The van der Waals surface area contributed by atoms with Gasteiger partial charge in [0.05, 0.1) is 11.3 Å². The molecule has 6 nitrogen and oxygen atoms in total. The van der Waals surface area contributed by atoms with Crippen LogP contribution in [0.3, 0.4) is 0 Å². The Labute approximate surface area is 159 Å². The van der Waals surface area contributed by atoms with Crippen LogP contribution in [0, 0.1) is 11.3 Å². The van der Waals surface area contributed by atoms with Gasteiger partial charge in [-0.05, 0) is 37.1 Å². The fourth-order valence-electron chi connectivity index (χ4n) is 2.54. The van der Waals surface area contributed by atoms with Crippen LogP contribution in [0.2, 0.25) is 0 Å². The molecule has 28 heavy (non-hydrogen) atoms. The maximum absolute atomic E-state index is 13.0. The molecule has 1 aromatic carbocycles. The number of rotatable bonds is 6. The Hall–Kier alpha value is -3.54. The first-order chi connectivity index (χ1) is 13.5. The largest absolute Gasteiger partial charge is 0.416 e. The van der Waals surface area contributed by atoms with E-state index in [1.54, 1.807) is 24.5 Å². The normalized spacial score (nSPS) is 11.1. The lowest BCUT2D eigenvalue weighted by atomic mass is 10.1. The van der Waals surface area contributed by atoms with Crippen LogP contribution in [0.15, 0.2) is 48.8 Å². The SMILES string of the molecule is N#Cc1nc(CCCNc2ncccn2)cc(-c2cccc(C(F)(F)F)c2)n1. The van der Waals surface area contributed by atoms with E-state index in [1.165, 1.54) is 12.1 Å². The second-order valence-corrected chi connectivity index (χ2v) is 5.86. The fraction of sp³-hybridized carbons (Fsp3) is 0.211. The average molecular weight is 384 g/mol. The first-order valence-corrected chi connectivity index (χ1v) is 8.42. The van der Waals surface area contributed by atoms with Crippen molar-refractivity contribution in [1.82, 2.24) is 19.9 Å². The molecule has 0 unspecified atom stereocenters. The van der Waals surface area contributed by atoms with E-state index in [4.69, 9.17) is 5.26 Å². The molecular formula is C19H15F3N6. The molecule has 0 spiro atoms. The van der Waals surface area contributed by atoms with Crippen molar-refractivity contribution in [2.45, 2.75) is 19.0 Å². The van der Waals surface area contributed by atoms with Gasteiger partial charge in [0.1, 0.15) is 6.07 Å². The monoisotopic (exact) mass is 384 g/mol. The number of hydrogen-bond acceptors (Lipinski definition) is 6. The molecule has 0 atom stereocenters. The average Bonchev–Trinajstić information content (AvgIpc) is 2.71. The van der Waals surface area contributed by atoms with Gasteiger partial charge in [-0.1, -0.05) is 12.1 Å². The first kappa shape index (κ1) is 19.2. The summed E-state index contributed by atoms with van der Waals surface area (Å²) in [4.78, 5) is 16.3. The van der Waals surface area contributed by atoms with Gasteiger partial charge in [-0.3, -0.25) is 0 Å². The third-order valence-electron chi connectivity index (χ3n) is 3.82. The lowest BCUT2D eigenvalue weighted by Gasteiger charge is -2.10. The Kier molecular flexibility index (Phi) is 5.79. The minimum absolute atomic E-state index is 0.0794. The number of halogens is 3. The number of hydrogen-bond donors (Lipinski definition) is 1. The number of anilines is 1. The molecule has 0 saturated heterocycles. The van der Waals surface area contributed by atoms with Crippen molar-refractivity contribution < 1.29 is 13.2 Å². The molecule has 0 radical (unpaired) electrons. The van der Waals surface area contributed by atoms with Crippen LogP contribution < -0.4 is 5.32 Å². The minimum Gasteiger partial charge on any atom is -0.354 e. The van der Waals surface area contributed by atoms with Crippen LogP contribution >= 0.6 is 0 Å². The molecule has 2 heterocycles. The molecule has 3 rings (SSSR count). The van der Waals surface area contributed by atoms with Gasteiger partial charge < -0.3 is 5.32 Å². The highest BCUT2D eigenvalue weighted by Gasteiger charge is 2.30. The van der Waals surface area contributed by atoms with E-state index in [2.05, 4.69) is 25.3 Å². The molecule has 0 bridgehead atoms. The van der Waals surface area contributed by atoms with Crippen LogP contribution in [0.5, 0.6) is 0 Å². The predicted octanol–water partition coefficient (Wildman–Crippen LogP) is 3.87. The highest BCUT2D eigenvalue weighted by molar-refractivity contribution is 5.61. The number of nitrogens with zero attached hydrogens (tertiary/aromatic N) is 5. The zero-order chi connectivity index (χ0) is 20.0. The van der Waals surface area contributed by atoms with Crippen molar-refractivity contribution in [1.29, 1.82) is 5.26 Å². The van der Waals surface area contributed by atoms with Crippen LogP contribution in [0.25, 0.3) is 11.3 Å². The summed E-state index contributed by atoms with van der Waals surface area (Å²) in [7, 11) is 0. The zero-order valence-corrected chi connectivity index (χ0v) is 14.6. The molecule has 0 amide bonds. The van der Waals surface area contributed by atoms with Crippen LogP contribution in [0.4, 0.5) is 19.1 Å². The van der Waals surface area contributed by atoms with E-state index >= 15 is 0 Å². The zero-order valence-electron chi connectivity index (χ0n) is 14.6. The number of nitriles is 1. The van der Waals surface area contributed by atoms with Crippen molar-refractivity contribution in [3.63, 3.8) is 0 Å². The lowest BCUT2D eigenvalue weighted by molar-refractivity contribution is -0.137. The summed E-state index contributed by atoms with van der Waals surface area (Å²) in [6.45, 7) is 0.578. The Bertz CT molecular complexity index is 983. The van der Waals surface area contributed by atoms with Crippen molar-refractivity contribution in [2.75, 3.05) is 11.9 Å². The number of aryl methyl sites for hydroxylation is 1. The second-order valence-electron chi connectivity index (χ2n) is 5.86. The molecular weight excluding hydrogens is 369 g/mol. The molecule has 3 aromatic rings. The lowest BCUT2D eigenvalue weighted by Crippen LogP contribution is -2.07. The van der Waals surface area contributed by atoms with Gasteiger partial charge in [0.25, 0.3) is 0 Å². The quantitative estimate of drug-likeness (QED) is 0.649. The summed E-state index contributed by atoms with van der Waals surface area (Å²) < 4.78 is 38.9. The van der Waals surface area contributed by atoms with Crippen LogP contribution in [-0.2, 0) is 12.6 Å². The summed E-state index contributed by atoms with van der Waals surface area (Å²) in [5, 5.41) is 12.2. The van der Waals surface area contributed by atoms with E-state index < -0.39 is 11.7 Å². The summed E-state index contributed by atoms with van der Waals surface area (Å²) in [5.74, 6) is 0.428. The molecule has 1 N–H and O–H groups in total. The Morgan fingerprint density at radius 1 is 1.04 bits per heavy atom. The number of aromatic nitrogens is 4. The number of benzene rings is 1. The summed E-state index contributed by atoms with van der Waals surface area (Å²) >= 11 is 0. The molecule has 0 aliphatic carbocycles. The molecule has 2 aromatic heterocycles. The topological polar surface area (TPSA) is 87.4 Å². The molecule has 0 fully saturated rings. The van der Waals surface area contributed by atoms with Crippen molar-refractivity contribution in [2.24, 2.45) is 0 Å². The summed E-state index contributed by atoms with van der Waals surface area (Å²) in [6.07, 6.45) is -0.0130. The van der Waals surface area contributed by atoms with Crippen molar-refractivity contribution in [3.8, 4) is 17.3 Å². The molecule has 0 aliphatic rings. The van der Waals surface area contributed by atoms with Crippen LogP contribution in [0.1, 0.15) is 23.5 Å². The Balaban J connectivity index is 1.74. The standard InChI is InChI=1S/C19H15F3N6/c20-19(21,22)14-5-1-4-13(10-14)16-11-15(27-17(12-23)28-16)6-2-7-24-18-25-8-3-9-26-18/h1,3-5,8-11H,2,6-7H2,(H,24,25,26). The molecule has 142 valence electrons. The highest BCUT2D eigenvalue weighted by Crippen LogP contribution is 2.31. The molecule has 9 heteroatoms. The van der Waals surface area contributed by atoms with Gasteiger partial charge in [-0.25, -0.2) is 19.9 Å². The smallest absolute Gasteiger partial charge is 0.354 e. The molecule has 0 aliphatic heterocycles. The number of alkyl halides is 3. The van der Waals surface area contributed by atoms with E-state index in [0.717, 1.165) is 12.1 Å². The van der Waals surface area contributed by atoms with Gasteiger partial charge in [0.2, 0.25) is 11.8 Å². The van der Waals surface area contributed by atoms with E-state index in [0.29, 0.717) is 31.0 Å². The predicted molar refractivity (Wildman–Crippen MR) is 96.0 cm³/mol. The van der Waals surface area contributed by atoms with Crippen molar-refractivity contribution >= 4 is 5.95 Å². The summed E-state index contributed by atoms with van der Waals surface area (Å²) in [5.41, 5.74) is 0.378. The fourth-order valence-corrected chi connectivity index (χ4v) is 2.54. The van der Waals surface area contributed by atoms with Crippen LogP contribution in [-0.4, -0.2) is 26.5 Å². The third kappa shape index (κ3) is 5.01. The second kappa shape index (κ2) is 8.43. The third-order valence-corrected chi connectivity index (χ3v) is 3.82. The van der Waals surface area contributed by atoms with Gasteiger partial charge >= 0.3 is 6.18 Å². The minimum atomic E-state index is -4.45. The summed E-state index contributed by atoms with van der Waals surface area (Å²) in [6, 6.07) is 10.0. The van der Waals surface area contributed by atoms with Gasteiger partial charge in [0, 0.05) is 30.2 Å².